The number of oxazole rings is 1. The molecular formula is C20H25N3O. The lowest BCUT2D eigenvalue weighted by atomic mass is 9.87. The lowest BCUT2D eigenvalue weighted by molar-refractivity contribution is 0.142. The zero-order valence-electron chi connectivity index (χ0n) is 14.7. The molecule has 0 unspecified atom stereocenters. The van der Waals surface area contributed by atoms with Crippen LogP contribution in [0.1, 0.15) is 54.6 Å². The number of para-hydroxylation sites is 1. The fourth-order valence-electron chi connectivity index (χ4n) is 4.12. The van der Waals surface area contributed by atoms with Gasteiger partial charge >= 0.3 is 0 Å². The van der Waals surface area contributed by atoms with Crippen molar-refractivity contribution in [3.05, 3.63) is 53.4 Å². The van der Waals surface area contributed by atoms with Gasteiger partial charge < -0.3 is 9.40 Å². The maximum absolute atomic E-state index is 5.72. The number of hydrogen-bond donors (Lipinski definition) is 1. The van der Waals surface area contributed by atoms with Crippen LogP contribution in [0.15, 0.2) is 34.9 Å². The summed E-state index contributed by atoms with van der Waals surface area (Å²) in [5, 5.41) is 1.39. The second-order valence-corrected chi connectivity index (χ2v) is 7.00. The number of benzene rings is 1. The van der Waals surface area contributed by atoms with Gasteiger partial charge in [0.2, 0.25) is 5.89 Å². The lowest BCUT2D eigenvalue weighted by Gasteiger charge is -2.35. The third-order valence-electron chi connectivity index (χ3n) is 5.43. The smallest absolute Gasteiger partial charge is 0.211 e. The van der Waals surface area contributed by atoms with Crippen LogP contribution in [0.3, 0.4) is 0 Å². The summed E-state index contributed by atoms with van der Waals surface area (Å²) >= 11 is 0. The van der Waals surface area contributed by atoms with E-state index < -0.39 is 0 Å². The number of aromatic nitrogens is 2. The predicted molar refractivity (Wildman–Crippen MR) is 96.2 cm³/mol. The molecule has 4 heteroatoms. The Morgan fingerprint density at radius 3 is 2.67 bits per heavy atom. The van der Waals surface area contributed by atoms with Crippen LogP contribution in [0, 0.1) is 13.8 Å². The van der Waals surface area contributed by atoms with E-state index in [4.69, 9.17) is 4.42 Å². The van der Waals surface area contributed by atoms with Gasteiger partial charge in [0, 0.05) is 16.6 Å². The highest BCUT2D eigenvalue weighted by Crippen LogP contribution is 2.37. The highest BCUT2D eigenvalue weighted by atomic mass is 16.4. The van der Waals surface area contributed by atoms with E-state index in [2.05, 4.69) is 53.0 Å². The van der Waals surface area contributed by atoms with Gasteiger partial charge in [-0.3, -0.25) is 4.90 Å². The Morgan fingerprint density at radius 1 is 1.21 bits per heavy atom. The zero-order chi connectivity index (χ0) is 16.7. The molecule has 4 nitrogen and oxygen atoms in total. The highest BCUT2D eigenvalue weighted by Gasteiger charge is 2.28. The van der Waals surface area contributed by atoms with Crippen LogP contribution in [0.25, 0.3) is 10.9 Å². The Hall–Kier alpha value is -2.07. The first kappa shape index (κ1) is 15.5. The molecule has 1 fully saturated rings. The minimum atomic E-state index is 0.253. The first-order chi connectivity index (χ1) is 11.6. The first-order valence-electron chi connectivity index (χ1n) is 8.87. The normalized spacial score (nSPS) is 18.3. The van der Waals surface area contributed by atoms with Crippen molar-refractivity contribution in [1.29, 1.82) is 0 Å². The van der Waals surface area contributed by atoms with E-state index in [-0.39, 0.29) is 6.04 Å². The molecule has 1 aromatic carbocycles. The van der Waals surface area contributed by atoms with Crippen molar-refractivity contribution in [2.45, 2.75) is 45.6 Å². The Morgan fingerprint density at radius 2 is 1.96 bits per heavy atom. The number of piperidine rings is 1. The van der Waals surface area contributed by atoms with Gasteiger partial charge in [-0.15, -0.1) is 0 Å². The number of nitrogens with one attached hydrogen (secondary N) is 1. The van der Waals surface area contributed by atoms with E-state index >= 15 is 0 Å². The molecule has 3 aromatic rings. The van der Waals surface area contributed by atoms with Crippen molar-refractivity contribution < 1.29 is 4.42 Å². The molecule has 0 amide bonds. The quantitative estimate of drug-likeness (QED) is 0.759. The Kier molecular flexibility index (Phi) is 3.93. The molecule has 1 aliphatic heterocycles. The van der Waals surface area contributed by atoms with Gasteiger partial charge in [-0.2, -0.15) is 0 Å². The van der Waals surface area contributed by atoms with Crippen molar-refractivity contribution in [1.82, 2.24) is 14.9 Å². The molecular weight excluding hydrogens is 298 g/mol. The first-order valence-corrected chi connectivity index (χ1v) is 8.87. The summed E-state index contributed by atoms with van der Waals surface area (Å²) in [6, 6.07) is 8.92. The molecule has 1 aliphatic rings. The summed E-state index contributed by atoms with van der Waals surface area (Å²) in [7, 11) is 0. The van der Waals surface area contributed by atoms with E-state index in [0.29, 0.717) is 5.92 Å². The molecule has 0 spiro atoms. The van der Waals surface area contributed by atoms with Gasteiger partial charge in [-0.05, 0) is 64.3 Å². The van der Waals surface area contributed by atoms with E-state index in [1.807, 2.05) is 13.1 Å². The topological polar surface area (TPSA) is 45.1 Å². The Bertz CT molecular complexity index is 840. The molecule has 0 saturated carbocycles. The Balaban J connectivity index is 1.50. The summed E-state index contributed by atoms with van der Waals surface area (Å²) in [6.07, 6.45) is 4.19. The van der Waals surface area contributed by atoms with Gasteiger partial charge in [-0.25, -0.2) is 4.98 Å². The van der Waals surface area contributed by atoms with Gasteiger partial charge in [-0.1, -0.05) is 18.2 Å². The number of H-pyrrole nitrogens is 1. The standard InChI is InChI=1S/C20H25N3O/c1-13-12-21-20(24-13)15(3)23-10-8-16(9-11-23)19-14(2)22-18-7-5-4-6-17(18)19/h4-7,12,15-16,22H,8-11H2,1-3H3/t15-/m0/s1. The average Bonchev–Trinajstić information content (AvgIpc) is 3.17. The van der Waals surface area contributed by atoms with Crippen LogP contribution in [0.2, 0.25) is 0 Å². The monoisotopic (exact) mass is 323 g/mol. The van der Waals surface area contributed by atoms with Crippen molar-refractivity contribution >= 4 is 10.9 Å². The van der Waals surface area contributed by atoms with Crippen molar-refractivity contribution in [2.75, 3.05) is 13.1 Å². The van der Waals surface area contributed by atoms with Crippen LogP contribution >= 0.6 is 0 Å². The summed E-state index contributed by atoms with van der Waals surface area (Å²) in [5.41, 5.74) is 4.10. The summed E-state index contributed by atoms with van der Waals surface area (Å²) in [5.74, 6) is 2.37. The molecule has 4 rings (SSSR count). The molecule has 1 N–H and O–H groups in total. The summed E-state index contributed by atoms with van der Waals surface area (Å²) in [4.78, 5) is 10.4. The molecule has 24 heavy (non-hydrogen) atoms. The van der Waals surface area contributed by atoms with Gasteiger partial charge in [0.1, 0.15) is 5.76 Å². The van der Waals surface area contributed by atoms with Crippen molar-refractivity contribution in [2.24, 2.45) is 0 Å². The number of nitrogens with zero attached hydrogens (tertiary/aromatic N) is 2. The van der Waals surface area contributed by atoms with Gasteiger partial charge in [0.15, 0.2) is 0 Å². The number of rotatable bonds is 3. The third-order valence-corrected chi connectivity index (χ3v) is 5.43. The lowest BCUT2D eigenvalue weighted by Crippen LogP contribution is -2.35. The molecule has 0 radical (unpaired) electrons. The SMILES string of the molecule is Cc1cnc([C@H](C)N2CCC(c3c(C)[nH]c4ccccc34)CC2)o1. The summed E-state index contributed by atoms with van der Waals surface area (Å²) < 4.78 is 5.72. The van der Waals surface area contributed by atoms with E-state index in [1.54, 1.807) is 0 Å². The van der Waals surface area contributed by atoms with Crippen molar-refractivity contribution in [3.8, 4) is 0 Å². The van der Waals surface area contributed by atoms with E-state index in [1.165, 1.54) is 35.0 Å². The number of hydrogen-bond acceptors (Lipinski definition) is 3. The molecule has 126 valence electrons. The van der Waals surface area contributed by atoms with Crippen LogP contribution in [0.4, 0.5) is 0 Å². The van der Waals surface area contributed by atoms with E-state index in [0.717, 1.165) is 24.7 Å². The number of aromatic amines is 1. The molecule has 1 atom stereocenters. The predicted octanol–water partition coefficient (Wildman–Crippen LogP) is 4.71. The van der Waals surface area contributed by atoms with Crippen LogP contribution in [-0.4, -0.2) is 28.0 Å². The van der Waals surface area contributed by atoms with E-state index in [9.17, 15) is 0 Å². The second kappa shape index (κ2) is 6.10. The minimum Gasteiger partial charge on any atom is -0.444 e. The minimum absolute atomic E-state index is 0.253. The highest BCUT2D eigenvalue weighted by molar-refractivity contribution is 5.85. The summed E-state index contributed by atoms with van der Waals surface area (Å²) in [6.45, 7) is 8.54. The molecule has 1 saturated heterocycles. The molecule has 0 bridgehead atoms. The number of fused-ring (bicyclic) bond motifs is 1. The number of likely N-dealkylation sites (tertiary alicyclic amines) is 1. The average molecular weight is 323 g/mol. The van der Waals surface area contributed by atoms with Crippen molar-refractivity contribution in [3.63, 3.8) is 0 Å². The van der Waals surface area contributed by atoms with Gasteiger partial charge in [0.25, 0.3) is 0 Å². The number of aryl methyl sites for hydroxylation is 2. The molecule has 2 aromatic heterocycles. The fourth-order valence-corrected chi connectivity index (χ4v) is 4.12. The third kappa shape index (κ3) is 2.65. The fraction of sp³-hybridized carbons (Fsp3) is 0.450. The molecule has 0 aliphatic carbocycles. The van der Waals surface area contributed by atoms with Crippen LogP contribution in [-0.2, 0) is 0 Å². The van der Waals surface area contributed by atoms with Crippen LogP contribution in [0.5, 0.6) is 0 Å². The second-order valence-electron chi connectivity index (χ2n) is 7.00. The van der Waals surface area contributed by atoms with Gasteiger partial charge in [0.05, 0.1) is 12.2 Å². The largest absolute Gasteiger partial charge is 0.444 e. The Labute approximate surface area is 142 Å². The van der Waals surface area contributed by atoms with Crippen LogP contribution < -0.4 is 0 Å². The maximum atomic E-state index is 5.72. The zero-order valence-corrected chi connectivity index (χ0v) is 14.7. The maximum Gasteiger partial charge on any atom is 0.211 e. The molecule has 3 heterocycles.